The van der Waals surface area contributed by atoms with E-state index in [-0.39, 0.29) is 36.1 Å². The first-order valence-electron chi connectivity index (χ1n) is 11.0. The number of nitrogens with one attached hydrogen (secondary N) is 2. The summed E-state index contributed by atoms with van der Waals surface area (Å²) in [7, 11) is -2.17. The standard InChI is InChI=1S/C24H24N8O3S/c1-25-15-18-7-11-22(12-8-18)36(34,35)32(17-21-4-2-3-13-26-21)16-19-5-9-20(10-6-19)27-24(33)14-23-28-30-31-29-23/h2-13,15H,14,16-17H2,1H3,(H,27,33)(H,28,29,30,31). The molecule has 4 aromatic rings. The number of aliphatic imine (C=N–C) groups is 1. The van der Waals surface area contributed by atoms with Crippen molar-refractivity contribution in [3.63, 3.8) is 0 Å². The Kier molecular flexibility index (Phi) is 7.88. The second-order valence-electron chi connectivity index (χ2n) is 7.80. The number of pyridine rings is 1. The number of hydrogen-bond donors (Lipinski definition) is 2. The number of aromatic nitrogens is 5. The molecule has 2 N–H and O–H groups in total. The fraction of sp³-hybridized carbons (Fsp3) is 0.167. The van der Waals surface area contributed by atoms with Gasteiger partial charge < -0.3 is 5.32 Å². The Morgan fingerprint density at radius 2 is 1.83 bits per heavy atom. The van der Waals surface area contributed by atoms with Crippen molar-refractivity contribution in [1.29, 1.82) is 0 Å². The van der Waals surface area contributed by atoms with Crippen LogP contribution in [-0.2, 0) is 34.3 Å². The van der Waals surface area contributed by atoms with Gasteiger partial charge >= 0.3 is 0 Å². The molecule has 11 nitrogen and oxygen atoms in total. The van der Waals surface area contributed by atoms with Gasteiger partial charge in [0.05, 0.1) is 23.6 Å². The second-order valence-corrected chi connectivity index (χ2v) is 9.74. The topological polar surface area (TPSA) is 146 Å². The molecule has 0 saturated carbocycles. The van der Waals surface area contributed by atoms with E-state index < -0.39 is 10.0 Å². The number of anilines is 1. The Morgan fingerprint density at radius 3 is 2.47 bits per heavy atom. The third-order valence-electron chi connectivity index (χ3n) is 5.17. The Hall–Kier alpha value is -4.29. The van der Waals surface area contributed by atoms with Crippen LogP contribution in [0.5, 0.6) is 0 Å². The molecule has 0 fully saturated rings. The van der Waals surface area contributed by atoms with E-state index in [0.29, 0.717) is 11.4 Å². The molecule has 4 rings (SSSR count). The fourth-order valence-corrected chi connectivity index (χ4v) is 4.82. The lowest BCUT2D eigenvalue weighted by Gasteiger charge is -2.22. The number of aromatic amines is 1. The van der Waals surface area contributed by atoms with Gasteiger partial charge in [0, 0.05) is 31.7 Å². The third-order valence-corrected chi connectivity index (χ3v) is 6.97. The van der Waals surface area contributed by atoms with Crippen LogP contribution in [-0.4, -0.2) is 57.5 Å². The SMILES string of the molecule is CN=Cc1ccc(S(=O)(=O)N(Cc2ccc(NC(=O)Cc3nn[nH]n3)cc2)Cc2ccccn2)cc1. The minimum absolute atomic E-state index is 0.0166. The number of nitrogens with zero attached hydrogens (tertiary/aromatic N) is 6. The molecule has 184 valence electrons. The summed E-state index contributed by atoms with van der Waals surface area (Å²) in [6.07, 6.45) is 3.27. The normalized spacial score (nSPS) is 11.7. The zero-order valence-electron chi connectivity index (χ0n) is 19.4. The summed E-state index contributed by atoms with van der Waals surface area (Å²) in [6.45, 7) is 0.221. The van der Waals surface area contributed by atoms with Gasteiger partial charge in [-0.2, -0.15) is 9.52 Å². The minimum Gasteiger partial charge on any atom is -0.326 e. The van der Waals surface area contributed by atoms with Crippen LogP contribution in [0.4, 0.5) is 5.69 Å². The smallest absolute Gasteiger partial charge is 0.243 e. The van der Waals surface area contributed by atoms with Crippen LogP contribution in [0.3, 0.4) is 0 Å². The third kappa shape index (κ3) is 6.43. The Labute approximate surface area is 208 Å². The molecule has 0 saturated heterocycles. The summed E-state index contributed by atoms with van der Waals surface area (Å²) in [5.74, 6) is -0.00502. The van der Waals surface area contributed by atoms with E-state index in [1.165, 1.54) is 4.31 Å². The average molecular weight is 505 g/mol. The first kappa shape index (κ1) is 24.8. The molecular formula is C24H24N8O3S. The van der Waals surface area contributed by atoms with Crippen molar-refractivity contribution in [2.24, 2.45) is 4.99 Å². The number of carbonyl (C=O) groups excluding carboxylic acids is 1. The second kappa shape index (κ2) is 11.4. The van der Waals surface area contributed by atoms with E-state index >= 15 is 0 Å². The van der Waals surface area contributed by atoms with Crippen LogP contribution >= 0.6 is 0 Å². The van der Waals surface area contributed by atoms with Crippen molar-refractivity contribution in [3.05, 3.63) is 95.6 Å². The van der Waals surface area contributed by atoms with Crippen molar-refractivity contribution in [1.82, 2.24) is 29.9 Å². The highest BCUT2D eigenvalue weighted by Gasteiger charge is 2.25. The quantitative estimate of drug-likeness (QED) is 0.315. The van der Waals surface area contributed by atoms with Crippen LogP contribution in [0.25, 0.3) is 0 Å². The maximum Gasteiger partial charge on any atom is 0.243 e. The highest BCUT2D eigenvalue weighted by atomic mass is 32.2. The highest BCUT2D eigenvalue weighted by Crippen LogP contribution is 2.22. The lowest BCUT2D eigenvalue weighted by atomic mass is 10.2. The van der Waals surface area contributed by atoms with E-state index in [9.17, 15) is 13.2 Å². The molecule has 2 aromatic heterocycles. The van der Waals surface area contributed by atoms with Crippen molar-refractivity contribution in [3.8, 4) is 0 Å². The van der Waals surface area contributed by atoms with E-state index in [1.54, 1.807) is 80.1 Å². The van der Waals surface area contributed by atoms with Crippen molar-refractivity contribution in [2.45, 2.75) is 24.4 Å². The van der Waals surface area contributed by atoms with Gasteiger partial charge in [0.15, 0.2) is 5.82 Å². The van der Waals surface area contributed by atoms with Crippen molar-refractivity contribution >= 4 is 27.8 Å². The molecule has 0 aliphatic carbocycles. The van der Waals surface area contributed by atoms with Gasteiger partial charge in [-0.25, -0.2) is 8.42 Å². The van der Waals surface area contributed by atoms with Gasteiger partial charge in [-0.1, -0.05) is 35.5 Å². The molecule has 0 radical (unpaired) electrons. The van der Waals surface area contributed by atoms with E-state index in [0.717, 1.165) is 11.1 Å². The molecule has 0 aliphatic rings. The van der Waals surface area contributed by atoms with Gasteiger partial charge in [0.2, 0.25) is 15.9 Å². The van der Waals surface area contributed by atoms with Gasteiger partial charge in [0.25, 0.3) is 0 Å². The van der Waals surface area contributed by atoms with Crippen LogP contribution in [0.2, 0.25) is 0 Å². The number of H-pyrrole nitrogens is 1. The number of hydrogen-bond acceptors (Lipinski definition) is 8. The van der Waals surface area contributed by atoms with E-state index in [2.05, 4.69) is 35.9 Å². The molecule has 0 unspecified atom stereocenters. The summed E-state index contributed by atoms with van der Waals surface area (Å²) in [5.41, 5.74) is 2.76. The molecule has 0 atom stereocenters. The molecular weight excluding hydrogens is 480 g/mol. The van der Waals surface area contributed by atoms with E-state index in [4.69, 9.17) is 0 Å². The van der Waals surface area contributed by atoms with Crippen molar-refractivity contribution < 1.29 is 13.2 Å². The van der Waals surface area contributed by atoms with Gasteiger partial charge in [-0.15, -0.1) is 10.2 Å². The summed E-state index contributed by atoms with van der Waals surface area (Å²) >= 11 is 0. The number of rotatable bonds is 10. The number of carbonyl (C=O) groups is 1. The van der Waals surface area contributed by atoms with Gasteiger partial charge in [-0.05, 0) is 47.5 Å². The molecule has 2 heterocycles. The molecule has 0 bridgehead atoms. The van der Waals surface area contributed by atoms with Gasteiger partial charge in [-0.3, -0.25) is 14.8 Å². The maximum atomic E-state index is 13.6. The van der Waals surface area contributed by atoms with Gasteiger partial charge in [0.1, 0.15) is 0 Å². The van der Waals surface area contributed by atoms with Crippen molar-refractivity contribution in [2.75, 3.05) is 12.4 Å². The maximum absolute atomic E-state index is 13.6. The number of tetrazole rings is 1. The molecule has 36 heavy (non-hydrogen) atoms. The molecule has 1 amide bonds. The predicted molar refractivity (Wildman–Crippen MR) is 134 cm³/mol. The van der Waals surface area contributed by atoms with E-state index in [1.807, 2.05) is 6.07 Å². The number of benzene rings is 2. The molecule has 0 spiro atoms. The Bertz CT molecular complexity index is 1410. The van der Waals surface area contributed by atoms with Crippen LogP contribution in [0.15, 0.2) is 82.8 Å². The van der Waals surface area contributed by atoms with Crippen LogP contribution in [0.1, 0.15) is 22.6 Å². The predicted octanol–water partition coefficient (Wildman–Crippen LogP) is 2.22. The fourth-order valence-electron chi connectivity index (χ4n) is 3.43. The molecule has 0 aliphatic heterocycles. The average Bonchev–Trinajstić information content (AvgIpc) is 3.39. The zero-order chi connectivity index (χ0) is 25.4. The zero-order valence-corrected chi connectivity index (χ0v) is 20.3. The first-order valence-corrected chi connectivity index (χ1v) is 12.4. The largest absolute Gasteiger partial charge is 0.326 e. The minimum atomic E-state index is -3.83. The summed E-state index contributed by atoms with van der Waals surface area (Å²) in [4.78, 5) is 20.6. The summed E-state index contributed by atoms with van der Waals surface area (Å²) < 4.78 is 28.5. The van der Waals surface area contributed by atoms with Crippen LogP contribution < -0.4 is 5.32 Å². The summed E-state index contributed by atoms with van der Waals surface area (Å²) in [5, 5.41) is 16.0. The monoisotopic (exact) mass is 504 g/mol. The highest BCUT2D eigenvalue weighted by molar-refractivity contribution is 7.89. The van der Waals surface area contributed by atoms with Crippen LogP contribution in [0, 0.1) is 0 Å². The number of amides is 1. The number of sulfonamides is 1. The first-order chi connectivity index (χ1) is 17.4. The lowest BCUT2D eigenvalue weighted by Crippen LogP contribution is -2.30. The summed E-state index contributed by atoms with van der Waals surface area (Å²) in [6, 6.07) is 18.9. The Morgan fingerprint density at radius 1 is 1.06 bits per heavy atom. The Balaban J connectivity index is 1.52. The lowest BCUT2D eigenvalue weighted by molar-refractivity contribution is -0.115. The molecule has 12 heteroatoms. The molecule has 2 aromatic carbocycles.